The summed E-state index contributed by atoms with van der Waals surface area (Å²) >= 11 is 0. The predicted octanol–water partition coefficient (Wildman–Crippen LogP) is 6.71. The van der Waals surface area contributed by atoms with Crippen LogP contribution in [0.15, 0.2) is 11.6 Å². The third-order valence-corrected chi connectivity index (χ3v) is 13.9. The Kier molecular flexibility index (Phi) is 6.24. The molecule has 0 heterocycles. The zero-order valence-corrected chi connectivity index (χ0v) is 24.9. The van der Waals surface area contributed by atoms with Crippen molar-refractivity contribution < 1.29 is 14.7 Å². The lowest BCUT2D eigenvalue weighted by molar-refractivity contribution is -0.206. The van der Waals surface area contributed by atoms with Crippen LogP contribution >= 0.6 is 0 Å². The number of aliphatic hydroxyl groups excluding tert-OH is 1. The zero-order valence-electron chi connectivity index (χ0n) is 24.9. The van der Waals surface area contributed by atoms with Gasteiger partial charge in [0.1, 0.15) is 6.29 Å². The maximum absolute atomic E-state index is 13.8. The van der Waals surface area contributed by atoms with Gasteiger partial charge in [-0.3, -0.25) is 4.79 Å². The van der Waals surface area contributed by atoms with E-state index in [-0.39, 0.29) is 38.9 Å². The van der Waals surface area contributed by atoms with Crippen LogP contribution in [0, 0.1) is 56.2 Å². The molecule has 0 aromatic carbocycles. The standard InChI is InChI=1S/C33H53NO3/c1-9-34-27(37)33-17-16-28(3,4)18-23(33)22-10-11-25-29(5)14-12-21(2)30(6,20-35)24(29)13-15-31(25,7)32(22,8)19-26(33)36/h10,20-21,23-26,36H,9,11-19H2,1-8H3,(H,34,37)/t21-,23?,24+,25?,26+,29?,30-,31+,32+,33+/m0/s1. The van der Waals surface area contributed by atoms with Gasteiger partial charge in [0.2, 0.25) is 5.91 Å². The van der Waals surface area contributed by atoms with Crippen molar-refractivity contribution in [1.82, 2.24) is 5.32 Å². The van der Waals surface area contributed by atoms with Gasteiger partial charge in [-0.05, 0) is 110 Å². The Balaban J connectivity index is 1.62. The highest BCUT2D eigenvalue weighted by atomic mass is 16.3. The molecule has 2 N–H and O–H groups in total. The molecule has 37 heavy (non-hydrogen) atoms. The summed E-state index contributed by atoms with van der Waals surface area (Å²) in [5.74, 6) is 1.48. The van der Waals surface area contributed by atoms with E-state index < -0.39 is 11.5 Å². The molecule has 1 amide bonds. The van der Waals surface area contributed by atoms with Crippen LogP contribution in [-0.4, -0.2) is 29.9 Å². The van der Waals surface area contributed by atoms with Crippen molar-refractivity contribution in [2.45, 2.75) is 119 Å². The number of hydrogen-bond acceptors (Lipinski definition) is 3. The maximum Gasteiger partial charge on any atom is 0.229 e. The lowest BCUT2D eigenvalue weighted by Gasteiger charge is -2.71. The lowest BCUT2D eigenvalue weighted by Crippen LogP contribution is -2.68. The minimum atomic E-state index is -0.711. The minimum absolute atomic E-state index is 0.0443. The molecule has 5 aliphatic carbocycles. The van der Waals surface area contributed by atoms with E-state index in [0.29, 0.717) is 30.7 Å². The Morgan fingerprint density at radius 3 is 2.38 bits per heavy atom. The van der Waals surface area contributed by atoms with Crippen molar-refractivity contribution in [1.29, 1.82) is 0 Å². The summed E-state index contributed by atoms with van der Waals surface area (Å²) in [5.41, 5.74) is 0.682. The summed E-state index contributed by atoms with van der Waals surface area (Å²) in [6.07, 6.45) is 12.1. The Morgan fingerprint density at radius 2 is 1.73 bits per heavy atom. The van der Waals surface area contributed by atoms with Crippen LogP contribution in [-0.2, 0) is 9.59 Å². The van der Waals surface area contributed by atoms with Gasteiger partial charge in [0.05, 0.1) is 11.5 Å². The van der Waals surface area contributed by atoms with E-state index in [1.54, 1.807) is 0 Å². The molecule has 4 nitrogen and oxygen atoms in total. The highest BCUT2D eigenvalue weighted by Gasteiger charge is 2.71. The number of aldehydes is 1. The Labute approximate surface area is 225 Å². The molecular formula is C33H53NO3. The number of hydrogen-bond donors (Lipinski definition) is 2. The number of rotatable bonds is 3. The van der Waals surface area contributed by atoms with Crippen molar-refractivity contribution in [2.75, 3.05) is 6.54 Å². The van der Waals surface area contributed by atoms with Crippen molar-refractivity contribution in [3.05, 3.63) is 11.6 Å². The van der Waals surface area contributed by atoms with Crippen LogP contribution in [0.1, 0.15) is 113 Å². The van der Waals surface area contributed by atoms with Gasteiger partial charge in [0, 0.05) is 12.0 Å². The molecule has 0 saturated heterocycles. The van der Waals surface area contributed by atoms with Crippen molar-refractivity contribution >= 4 is 12.2 Å². The van der Waals surface area contributed by atoms with Gasteiger partial charge in [-0.1, -0.05) is 60.1 Å². The molecule has 0 bridgehead atoms. The second-order valence-corrected chi connectivity index (χ2v) is 15.8. The molecule has 3 unspecified atom stereocenters. The van der Waals surface area contributed by atoms with E-state index in [0.717, 1.165) is 44.9 Å². The van der Waals surface area contributed by atoms with Gasteiger partial charge in [0.25, 0.3) is 0 Å². The van der Waals surface area contributed by atoms with Crippen molar-refractivity contribution in [2.24, 2.45) is 56.2 Å². The van der Waals surface area contributed by atoms with Crippen molar-refractivity contribution in [3.63, 3.8) is 0 Å². The molecule has 4 fully saturated rings. The van der Waals surface area contributed by atoms with Gasteiger partial charge >= 0.3 is 0 Å². The highest BCUT2D eigenvalue weighted by molar-refractivity contribution is 5.85. The van der Waals surface area contributed by atoms with E-state index in [4.69, 9.17) is 0 Å². The van der Waals surface area contributed by atoms with E-state index in [2.05, 4.69) is 59.9 Å². The summed E-state index contributed by atoms with van der Waals surface area (Å²) in [6, 6.07) is 0. The first kappa shape index (κ1) is 27.4. The minimum Gasteiger partial charge on any atom is -0.392 e. The summed E-state index contributed by atoms with van der Waals surface area (Å²) in [5, 5.41) is 15.2. The third-order valence-electron chi connectivity index (χ3n) is 13.9. The molecule has 4 saturated carbocycles. The normalized spacial score (nSPS) is 52.5. The summed E-state index contributed by atoms with van der Waals surface area (Å²) < 4.78 is 0. The number of carbonyl (C=O) groups excluding carboxylic acids is 2. The molecule has 0 aliphatic heterocycles. The second-order valence-electron chi connectivity index (χ2n) is 15.8. The van der Waals surface area contributed by atoms with Crippen LogP contribution < -0.4 is 5.32 Å². The molecule has 0 spiro atoms. The largest absolute Gasteiger partial charge is 0.392 e. The molecule has 10 atom stereocenters. The van der Waals surface area contributed by atoms with Crippen LogP contribution in [0.3, 0.4) is 0 Å². The number of aliphatic hydroxyl groups is 1. The van der Waals surface area contributed by atoms with Gasteiger partial charge in [-0.25, -0.2) is 0 Å². The third kappa shape index (κ3) is 3.35. The molecule has 0 aromatic heterocycles. The van der Waals surface area contributed by atoms with Gasteiger partial charge < -0.3 is 15.2 Å². The lowest BCUT2D eigenvalue weighted by atomic mass is 9.33. The first-order valence-corrected chi connectivity index (χ1v) is 15.3. The maximum atomic E-state index is 13.8. The van der Waals surface area contributed by atoms with E-state index in [1.807, 2.05) is 6.92 Å². The van der Waals surface area contributed by atoms with Gasteiger partial charge in [-0.2, -0.15) is 0 Å². The Hall–Kier alpha value is -1.16. The smallest absolute Gasteiger partial charge is 0.229 e. The second kappa shape index (κ2) is 8.42. The number of nitrogens with one attached hydrogen (secondary N) is 1. The highest BCUT2D eigenvalue weighted by Crippen LogP contribution is 2.76. The fourth-order valence-corrected chi connectivity index (χ4v) is 11.2. The van der Waals surface area contributed by atoms with E-state index in [9.17, 15) is 14.7 Å². The van der Waals surface area contributed by atoms with E-state index >= 15 is 0 Å². The van der Waals surface area contributed by atoms with Crippen LogP contribution in [0.25, 0.3) is 0 Å². The average molecular weight is 512 g/mol. The predicted molar refractivity (Wildman–Crippen MR) is 149 cm³/mol. The molecule has 5 rings (SSSR count). The number of amides is 1. The van der Waals surface area contributed by atoms with Crippen LogP contribution in [0.5, 0.6) is 0 Å². The van der Waals surface area contributed by atoms with Crippen molar-refractivity contribution in [3.8, 4) is 0 Å². The quantitative estimate of drug-likeness (QED) is 0.327. The summed E-state index contributed by atoms with van der Waals surface area (Å²) in [6.45, 7) is 19.2. The van der Waals surface area contributed by atoms with E-state index in [1.165, 1.54) is 18.3 Å². The fourth-order valence-electron chi connectivity index (χ4n) is 11.2. The number of allylic oxidation sites excluding steroid dienone is 2. The van der Waals surface area contributed by atoms with Gasteiger partial charge in [-0.15, -0.1) is 0 Å². The summed E-state index contributed by atoms with van der Waals surface area (Å²) in [4.78, 5) is 26.3. The van der Waals surface area contributed by atoms with Gasteiger partial charge in [0.15, 0.2) is 0 Å². The first-order chi connectivity index (χ1) is 17.2. The van der Waals surface area contributed by atoms with Crippen LogP contribution in [0.2, 0.25) is 0 Å². The first-order valence-electron chi connectivity index (χ1n) is 15.3. The number of carbonyl (C=O) groups is 2. The fraction of sp³-hybridized carbons (Fsp3) is 0.879. The topological polar surface area (TPSA) is 66.4 Å². The molecule has 4 heteroatoms. The Morgan fingerprint density at radius 1 is 1.03 bits per heavy atom. The summed E-state index contributed by atoms with van der Waals surface area (Å²) in [7, 11) is 0. The SMILES string of the molecule is CCNC(=O)[C@]12CCC(C)(C)CC1C1=CCC3C4(C)CC[C@H](C)[C@](C)(C=O)[C@@H]4CC[C@@]3(C)[C@]1(C)C[C@H]2O. The zero-order chi connectivity index (χ0) is 27.2. The average Bonchev–Trinajstić information content (AvgIpc) is 2.82. The Bertz CT molecular complexity index is 1000. The van der Waals surface area contributed by atoms with Crippen LogP contribution in [0.4, 0.5) is 0 Å². The molecule has 0 radical (unpaired) electrons. The molecular weight excluding hydrogens is 458 g/mol. The monoisotopic (exact) mass is 511 g/mol. The number of fused-ring (bicyclic) bond motifs is 7. The molecule has 5 aliphatic rings. The molecule has 208 valence electrons. The molecule has 0 aromatic rings.